The molecule has 128 valence electrons. The van der Waals surface area contributed by atoms with Crippen molar-refractivity contribution in [2.45, 2.75) is 63.6 Å². The lowest BCUT2D eigenvalue weighted by atomic mass is 10.1. The molecule has 1 aromatic rings. The Morgan fingerprint density at radius 1 is 1.39 bits per heavy atom. The van der Waals surface area contributed by atoms with E-state index in [9.17, 15) is 9.90 Å². The van der Waals surface area contributed by atoms with Gasteiger partial charge in [0.15, 0.2) is 0 Å². The molecule has 6 heteroatoms. The first kappa shape index (κ1) is 16.5. The number of aryl methyl sites for hydroxylation is 2. The van der Waals surface area contributed by atoms with Crippen molar-refractivity contribution in [3.8, 4) is 0 Å². The highest BCUT2D eigenvalue weighted by molar-refractivity contribution is 5.76. The van der Waals surface area contributed by atoms with Crippen molar-refractivity contribution in [1.82, 2.24) is 20.0 Å². The van der Waals surface area contributed by atoms with E-state index in [0.29, 0.717) is 12.8 Å². The Labute approximate surface area is 137 Å². The molecule has 0 aromatic carbocycles. The highest BCUT2D eigenvalue weighted by atomic mass is 16.3. The summed E-state index contributed by atoms with van der Waals surface area (Å²) in [6, 6.07) is 0.131. The van der Waals surface area contributed by atoms with Crippen LogP contribution in [0.1, 0.15) is 43.4 Å². The predicted octanol–water partition coefficient (Wildman–Crippen LogP) is 0.765. The minimum Gasteiger partial charge on any atom is -0.389 e. The van der Waals surface area contributed by atoms with Gasteiger partial charge >= 0.3 is 0 Å². The van der Waals surface area contributed by atoms with Crippen molar-refractivity contribution in [2.75, 3.05) is 13.1 Å². The highest BCUT2D eigenvalue weighted by Crippen LogP contribution is 2.27. The molecule has 3 atom stereocenters. The molecule has 0 radical (unpaired) electrons. The van der Waals surface area contributed by atoms with Crippen LogP contribution < -0.4 is 5.32 Å². The third-order valence-corrected chi connectivity index (χ3v) is 5.49. The lowest BCUT2D eigenvalue weighted by Crippen LogP contribution is -2.47. The molecule has 1 aromatic heterocycles. The van der Waals surface area contributed by atoms with Crippen LogP contribution in [0, 0.1) is 6.92 Å². The van der Waals surface area contributed by atoms with E-state index < -0.39 is 6.10 Å². The van der Waals surface area contributed by atoms with Crippen LogP contribution in [0.15, 0.2) is 6.20 Å². The number of aromatic nitrogens is 2. The molecule has 1 saturated carbocycles. The van der Waals surface area contributed by atoms with Crippen molar-refractivity contribution in [1.29, 1.82) is 0 Å². The standard InChI is InChI=1S/C17H28N4O2/c1-12-13(11-18-20(12)2)5-8-16(22)19-14-6-7-15(17(14)23)21-9-3-4-10-21/h11,14-15,17,23H,3-10H2,1-2H3,(H,19,22)/t14-,15-,17-/m1/s1. The minimum atomic E-state index is -0.433. The normalized spacial score (nSPS) is 28.4. The average molecular weight is 320 g/mol. The number of carbonyl (C=O) groups is 1. The van der Waals surface area contributed by atoms with Gasteiger partial charge in [-0.25, -0.2) is 0 Å². The smallest absolute Gasteiger partial charge is 0.220 e. The fraction of sp³-hybridized carbons (Fsp3) is 0.765. The lowest BCUT2D eigenvalue weighted by Gasteiger charge is -2.28. The first-order valence-electron chi connectivity index (χ1n) is 8.75. The highest BCUT2D eigenvalue weighted by Gasteiger charge is 2.39. The van der Waals surface area contributed by atoms with E-state index in [1.165, 1.54) is 12.8 Å². The number of hydrogen-bond donors (Lipinski definition) is 2. The minimum absolute atomic E-state index is 0.0272. The van der Waals surface area contributed by atoms with Gasteiger partial charge in [-0.1, -0.05) is 0 Å². The fourth-order valence-corrected chi connectivity index (χ4v) is 3.91. The van der Waals surface area contributed by atoms with Crippen molar-refractivity contribution in [2.24, 2.45) is 7.05 Å². The number of nitrogens with one attached hydrogen (secondary N) is 1. The Morgan fingerprint density at radius 2 is 2.13 bits per heavy atom. The lowest BCUT2D eigenvalue weighted by molar-refractivity contribution is -0.122. The second kappa shape index (κ2) is 7.01. The van der Waals surface area contributed by atoms with Crippen LogP contribution in [0.25, 0.3) is 0 Å². The number of nitrogens with zero attached hydrogens (tertiary/aromatic N) is 3. The summed E-state index contributed by atoms with van der Waals surface area (Å²) >= 11 is 0. The first-order valence-corrected chi connectivity index (χ1v) is 8.75. The molecular weight excluding hydrogens is 292 g/mol. The third kappa shape index (κ3) is 3.58. The molecule has 2 N–H and O–H groups in total. The van der Waals surface area contributed by atoms with E-state index in [-0.39, 0.29) is 18.0 Å². The number of rotatable bonds is 5. The summed E-state index contributed by atoms with van der Waals surface area (Å²) < 4.78 is 1.83. The van der Waals surface area contributed by atoms with Gasteiger partial charge in [-0.3, -0.25) is 14.4 Å². The number of aliphatic hydroxyl groups is 1. The van der Waals surface area contributed by atoms with Crippen LogP contribution in [0.2, 0.25) is 0 Å². The summed E-state index contributed by atoms with van der Waals surface area (Å²) in [5, 5.41) is 17.8. The Morgan fingerprint density at radius 3 is 2.78 bits per heavy atom. The van der Waals surface area contributed by atoms with E-state index in [4.69, 9.17) is 0 Å². The van der Waals surface area contributed by atoms with Gasteiger partial charge in [0.1, 0.15) is 0 Å². The number of carbonyl (C=O) groups excluding carboxylic acids is 1. The summed E-state index contributed by atoms with van der Waals surface area (Å²) in [6.45, 7) is 4.19. The number of hydrogen-bond acceptors (Lipinski definition) is 4. The number of likely N-dealkylation sites (tertiary alicyclic amines) is 1. The van der Waals surface area contributed by atoms with Crippen LogP contribution in [0.3, 0.4) is 0 Å². The maximum Gasteiger partial charge on any atom is 0.220 e. The predicted molar refractivity (Wildman–Crippen MR) is 88.0 cm³/mol. The van der Waals surface area contributed by atoms with Gasteiger partial charge < -0.3 is 10.4 Å². The molecule has 0 unspecified atom stereocenters. The van der Waals surface area contributed by atoms with Gasteiger partial charge in [0, 0.05) is 25.2 Å². The first-order chi connectivity index (χ1) is 11.1. The number of aliphatic hydroxyl groups excluding tert-OH is 1. The maximum atomic E-state index is 12.2. The monoisotopic (exact) mass is 320 g/mol. The molecule has 1 saturated heterocycles. The topological polar surface area (TPSA) is 70.4 Å². The molecule has 0 spiro atoms. The summed E-state index contributed by atoms with van der Waals surface area (Å²) in [5.74, 6) is 0.0272. The summed E-state index contributed by atoms with van der Waals surface area (Å²) in [4.78, 5) is 14.6. The Balaban J connectivity index is 1.47. The zero-order valence-corrected chi connectivity index (χ0v) is 14.2. The molecule has 6 nitrogen and oxygen atoms in total. The average Bonchev–Trinajstić information content (AvgIpc) is 3.23. The van der Waals surface area contributed by atoms with E-state index in [2.05, 4.69) is 15.3 Å². The maximum absolute atomic E-state index is 12.2. The van der Waals surface area contributed by atoms with Crippen molar-refractivity contribution < 1.29 is 9.90 Å². The number of amides is 1. The van der Waals surface area contributed by atoms with E-state index >= 15 is 0 Å². The van der Waals surface area contributed by atoms with Crippen LogP contribution in [-0.4, -0.2) is 57.0 Å². The zero-order valence-electron chi connectivity index (χ0n) is 14.2. The quantitative estimate of drug-likeness (QED) is 0.840. The largest absolute Gasteiger partial charge is 0.389 e. The molecule has 0 bridgehead atoms. The molecule has 23 heavy (non-hydrogen) atoms. The molecule has 2 aliphatic rings. The molecule has 1 aliphatic heterocycles. The summed E-state index contributed by atoms with van der Waals surface area (Å²) in [6.07, 6.45) is 6.85. The molecule has 2 heterocycles. The zero-order chi connectivity index (χ0) is 16.4. The van der Waals surface area contributed by atoms with Gasteiger partial charge in [-0.05, 0) is 57.7 Å². The molecule has 2 fully saturated rings. The van der Waals surface area contributed by atoms with E-state index in [0.717, 1.165) is 37.2 Å². The van der Waals surface area contributed by atoms with Crippen LogP contribution >= 0.6 is 0 Å². The Bertz CT molecular complexity index is 551. The van der Waals surface area contributed by atoms with Crippen molar-refractivity contribution in [3.05, 3.63) is 17.5 Å². The van der Waals surface area contributed by atoms with E-state index in [1.807, 2.05) is 24.9 Å². The van der Waals surface area contributed by atoms with Crippen molar-refractivity contribution >= 4 is 5.91 Å². The van der Waals surface area contributed by atoms with E-state index in [1.54, 1.807) is 0 Å². The van der Waals surface area contributed by atoms with Crippen LogP contribution in [-0.2, 0) is 18.3 Å². The summed E-state index contributed by atoms with van der Waals surface area (Å²) in [5.41, 5.74) is 2.22. The second-order valence-electron chi connectivity index (χ2n) is 6.93. The fourth-order valence-electron chi connectivity index (χ4n) is 3.91. The van der Waals surface area contributed by atoms with Gasteiger partial charge in [0.2, 0.25) is 5.91 Å². The Kier molecular flexibility index (Phi) is 5.02. The second-order valence-corrected chi connectivity index (χ2v) is 6.93. The molecule has 3 rings (SSSR count). The van der Waals surface area contributed by atoms with Gasteiger partial charge in [-0.2, -0.15) is 5.10 Å². The van der Waals surface area contributed by atoms with Gasteiger partial charge in [0.25, 0.3) is 0 Å². The molecular formula is C17H28N4O2. The Hall–Kier alpha value is -1.40. The molecule has 1 amide bonds. The summed E-state index contributed by atoms with van der Waals surface area (Å²) in [7, 11) is 1.91. The third-order valence-electron chi connectivity index (χ3n) is 5.49. The van der Waals surface area contributed by atoms with Crippen LogP contribution in [0.5, 0.6) is 0 Å². The van der Waals surface area contributed by atoms with Crippen molar-refractivity contribution in [3.63, 3.8) is 0 Å². The van der Waals surface area contributed by atoms with Crippen LogP contribution in [0.4, 0.5) is 0 Å². The molecule has 1 aliphatic carbocycles. The SMILES string of the molecule is Cc1c(CCC(=O)N[C@@H]2CC[C@@H](N3CCCC3)[C@@H]2O)cnn1C. The van der Waals surface area contributed by atoms with Gasteiger partial charge in [-0.15, -0.1) is 0 Å². The van der Waals surface area contributed by atoms with Gasteiger partial charge in [0.05, 0.1) is 18.3 Å².